The highest BCUT2D eigenvalue weighted by atomic mass is 19.4. The number of hydrogen-bond donors (Lipinski definition) is 1. The van der Waals surface area contributed by atoms with E-state index in [1.807, 2.05) is 60.7 Å². The number of nitrogens with zero attached hydrogens (tertiary/aromatic N) is 1. The number of benzene rings is 3. The Morgan fingerprint density at radius 1 is 0.706 bits per heavy atom. The smallest absolute Gasteiger partial charge is 0.416 e. The van der Waals surface area contributed by atoms with Gasteiger partial charge in [0.05, 0.1) is 5.56 Å². The maximum Gasteiger partial charge on any atom is 0.416 e. The maximum absolute atomic E-state index is 13.5. The van der Waals surface area contributed by atoms with Crippen LogP contribution in [0, 0.1) is 0 Å². The first kappa shape index (κ1) is 23.3. The van der Waals surface area contributed by atoms with Gasteiger partial charge >= 0.3 is 6.18 Å². The molecule has 4 aromatic rings. The first-order valence-corrected chi connectivity index (χ1v) is 10.7. The molecule has 0 radical (unpaired) electrons. The van der Waals surface area contributed by atoms with Gasteiger partial charge in [0.25, 0.3) is 0 Å². The molecule has 0 fully saturated rings. The maximum atomic E-state index is 13.5. The van der Waals surface area contributed by atoms with Crippen molar-refractivity contribution in [1.82, 2.24) is 4.98 Å². The number of halogens is 3. The molecular formula is C27H23F3N2O2. The van der Waals surface area contributed by atoms with Crippen molar-refractivity contribution in [1.29, 1.82) is 0 Å². The molecule has 0 aliphatic carbocycles. The molecule has 7 heteroatoms. The highest BCUT2D eigenvalue weighted by molar-refractivity contribution is 5.70. The molecule has 3 aromatic carbocycles. The molecule has 0 unspecified atom stereocenters. The second-order valence-corrected chi connectivity index (χ2v) is 7.67. The van der Waals surface area contributed by atoms with Crippen LogP contribution in [0.4, 0.5) is 13.2 Å². The molecule has 0 spiro atoms. The Morgan fingerprint density at radius 2 is 1.32 bits per heavy atom. The predicted molar refractivity (Wildman–Crippen MR) is 124 cm³/mol. The second kappa shape index (κ2) is 10.4. The van der Waals surface area contributed by atoms with Crippen LogP contribution in [0.2, 0.25) is 0 Å². The standard InChI is InChI=1S/C27H23F3N2O2/c28-27(29,30)23-14-21(16-31)13-22(15-23)24-11-12-25(33-17-19-7-3-1-4-8-19)32-26(24)34-18-20-9-5-2-6-10-20/h1-15H,16-18,31H2. The Morgan fingerprint density at radius 3 is 1.91 bits per heavy atom. The highest BCUT2D eigenvalue weighted by Crippen LogP contribution is 2.37. The van der Waals surface area contributed by atoms with Crippen molar-refractivity contribution in [3.63, 3.8) is 0 Å². The van der Waals surface area contributed by atoms with Gasteiger partial charge in [0.1, 0.15) is 13.2 Å². The molecule has 0 bridgehead atoms. The summed E-state index contributed by atoms with van der Waals surface area (Å²) < 4.78 is 52.2. The average Bonchev–Trinajstić information content (AvgIpc) is 2.86. The molecule has 4 nitrogen and oxygen atoms in total. The van der Waals surface area contributed by atoms with Crippen LogP contribution < -0.4 is 15.2 Å². The summed E-state index contributed by atoms with van der Waals surface area (Å²) in [6.45, 7) is 0.473. The van der Waals surface area contributed by atoms with Gasteiger partial charge in [-0.1, -0.05) is 60.7 Å². The Hall–Kier alpha value is -3.84. The van der Waals surface area contributed by atoms with Crippen LogP contribution in [-0.4, -0.2) is 4.98 Å². The fraction of sp³-hybridized carbons (Fsp3) is 0.148. The zero-order valence-electron chi connectivity index (χ0n) is 18.3. The summed E-state index contributed by atoms with van der Waals surface area (Å²) in [4.78, 5) is 4.47. The number of hydrogen-bond acceptors (Lipinski definition) is 4. The number of aromatic nitrogens is 1. The fourth-order valence-electron chi connectivity index (χ4n) is 3.42. The van der Waals surface area contributed by atoms with Crippen molar-refractivity contribution in [2.75, 3.05) is 0 Å². The molecular weight excluding hydrogens is 441 g/mol. The van der Waals surface area contributed by atoms with Crippen molar-refractivity contribution in [3.05, 3.63) is 113 Å². The van der Waals surface area contributed by atoms with E-state index in [0.29, 0.717) is 29.2 Å². The van der Waals surface area contributed by atoms with Crippen molar-refractivity contribution in [2.45, 2.75) is 25.9 Å². The molecule has 174 valence electrons. The second-order valence-electron chi connectivity index (χ2n) is 7.67. The molecule has 4 rings (SSSR count). The molecule has 1 heterocycles. The van der Waals surface area contributed by atoms with Crippen LogP contribution in [0.1, 0.15) is 22.3 Å². The minimum atomic E-state index is -4.50. The lowest BCUT2D eigenvalue weighted by Crippen LogP contribution is -2.08. The Kier molecular flexibility index (Phi) is 7.13. The number of alkyl halides is 3. The fourth-order valence-corrected chi connectivity index (χ4v) is 3.42. The molecule has 0 saturated carbocycles. The molecule has 0 amide bonds. The van der Waals surface area contributed by atoms with E-state index in [0.717, 1.165) is 23.3 Å². The van der Waals surface area contributed by atoms with Gasteiger partial charge in [-0.25, -0.2) is 0 Å². The quantitative estimate of drug-likeness (QED) is 0.329. The average molecular weight is 464 g/mol. The number of pyridine rings is 1. The van der Waals surface area contributed by atoms with E-state index in [-0.39, 0.29) is 19.0 Å². The normalized spacial score (nSPS) is 11.3. The van der Waals surface area contributed by atoms with Gasteiger partial charge in [-0.2, -0.15) is 18.2 Å². The lowest BCUT2D eigenvalue weighted by atomic mass is 10.00. The van der Waals surface area contributed by atoms with E-state index in [2.05, 4.69) is 4.98 Å². The summed E-state index contributed by atoms with van der Waals surface area (Å²) in [6.07, 6.45) is -4.50. The zero-order chi connectivity index (χ0) is 24.0. The summed E-state index contributed by atoms with van der Waals surface area (Å²) in [7, 11) is 0. The van der Waals surface area contributed by atoms with Crippen LogP contribution in [0.25, 0.3) is 11.1 Å². The number of nitrogens with two attached hydrogens (primary N) is 1. The first-order chi connectivity index (χ1) is 16.4. The minimum Gasteiger partial charge on any atom is -0.473 e. The van der Waals surface area contributed by atoms with Crippen LogP contribution in [0.3, 0.4) is 0 Å². The SMILES string of the molecule is NCc1cc(-c2ccc(OCc3ccccc3)nc2OCc2ccccc2)cc(C(F)(F)F)c1. The third-order valence-electron chi connectivity index (χ3n) is 5.15. The Bertz CT molecular complexity index is 1230. The van der Waals surface area contributed by atoms with Crippen LogP contribution >= 0.6 is 0 Å². The van der Waals surface area contributed by atoms with Crippen LogP contribution in [-0.2, 0) is 25.9 Å². The Balaban J connectivity index is 1.69. The van der Waals surface area contributed by atoms with Crippen molar-refractivity contribution >= 4 is 0 Å². The van der Waals surface area contributed by atoms with Gasteiger partial charge in [-0.05, 0) is 46.5 Å². The molecule has 0 aliphatic rings. The largest absolute Gasteiger partial charge is 0.473 e. The third-order valence-corrected chi connectivity index (χ3v) is 5.15. The highest BCUT2D eigenvalue weighted by Gasteiger charge is 2.31. The minimum absolute atomic E-state index is 0.0250. The topological polar surface area (TPSA) is 57.4 Å². The van der Waals surface area contributed by atoms with Gasteiger partial charge in [0.2, 0.25) is 11.8 Å². The van der Waals surface area contributed by atoms with Crippen molar-refractivity contribution in [3.8, 4) is 22.9 Å². The van der Waals surface area contributed by atoms with E-state index >= 15 is 0 Å². The summed E-state index contributed by atoms with van der Waals surface area (Å²) in [5, 5.41) is 0. The van der Waals surface area contributed by atoms with E-state index in [1.54, 1.807) is 18.2 Å². The Labute approximate surface area is 195 Å². The molecule has 0 atom stereocenters. The summed E-state index contributed by atoms with van der Waals surface area (Å²) >= 11 is 0. The first-order valence-electron chi connectivity index (χ1n) is 10.7. The molecule has 2 N–H and O–H groups in total. The summed E-state index contributed by atoms with van der Waals surface area (Å²) in [5.74, 6) is 0.485. The lowest BCUT2D eigenvalue weighted by molar-refractivity contribution is -0.137. The summed E-state index contributed by atoms with van der Waals surface area (Å²) in [5.41, 5.74) is 7.86. The van der Waals surface area contributed by atoms with Crippen molar-refractivity contribution in [2.24, 2.45) is 5.73 Å². The molecule has 34 heavy (non-hydrogen) atoms. The van der Waals surface area contributed by atoms with Crippen LogP contribution in [0.15, 0.2) is 91.0 Å². The number of ether oxygens (including phenoxy) is 2. The van der Waals surface area contributed by atoms with E-state index in [9.17, 15) is 13.2 Å². The molecule has 1 aromatic heterocycles. The van der Waals surface area contributed by atoms with Gasteiger partial charge in [0.15, 0.2) is 0 Å². The van der Waals surface area contributed by atoms with Crippen LogP contribution in [0.5, 0.6) is 11.8 Å². The van der Waals surface area contributed by atoms with Gasteiger partial charge < -0.3 is 15.2 Å². The lowest BCUT2D eigenvalue weighted by Gasteiger charge is -2.16. The van der Waals surface area contributed by atoms with Gasteiger partial charge in [-0.3, -0.25) is 0 Å². The zero-order valence-corrected chi connectivity index (χ0v) is 18.3. The van der Waals surface area contributed by atoms with Crippen molar-refractivity contribution < 1.29 is 22.6 Å². The molecule has 0 aliphatic heterocycles. The predicted octanol–water partition coefficient (Wildman–Crippen LogP) is 6.38. The number of rotatable bonds is 8. The third kappa shape index (κ3) is 5.94. The van der Waals surface area contributed by atoms with E-state index in [4.69, 9.17) is 15.2 Å². The van der Waals surface area contributed by atoms with Gasteiger partial charge in [-0.15, -0.1) is 0 Å². The summed E-state index contributed by atoms with van der Waals surface area (Å²) in [6, 6.07) is 26.1. The molecule has 0 saturated heterocycles. The van der Waals surface area contributed by atoms with E-state index < -0.39 is 11.7 Å². The van der Waals surface area contributed by atoms with E-state index in [1.165, 1.54) is 0 Å². The van der Waals surface area contributed by atoms with Gasteiger partial charge in [0, 0.05) is 18.2 Å². The monoisotopic (exact) mass is 464 g/mol.